The highest BCUT2D eigenvalue weighted by molar-refractivity contribution is 9.10. The van der Waals surface area contributed by atoms with E-state index in [1.807, 2.05) is 42.5 Å². The van der Waals surface area contributed by atoms with Gasteiger partial charge >= 0.3 is 0 Å². The second kappa shape index (κ2) is 9.17. The summed E-state index contributed by atoms with van der Waals surface area (Å²) in [4.78, 5) is 4.25. The van der Waals surface area contributed by atoms with Crippen LogP contribution in [-0.2, 0) is 13.1 Å². The third kappa shape index (κ3) is 5.16. The highest BCUT2D eigenvalue weighted by Crippen LogP contribution is 2.22. The average molecular weight is 392 g/mol. The highest BCUT2D eigenvalue weighted by Gasteiger charge is 2.05. The van der Waals surface area contributed by atoms with E-state index in [0.29, 0.717) is 13.1 Å². The lowest BCUT2D eigenvalue weighted by Gasteiger charge is -2.14. The highest BCUT2D eigenvalue weighted by atomic mass is 79.9. The minimum Gasteiger partial charge on any atom is -0.497 e. The van der Waals surface area contributed by atoms with Gasteiger partial charge < -0.3 is 20.1 Å². The monoisotopic (exact) mass is 391 g/mol. The number of aliphatic imine (C=N–C) groups is 1. The molecular weight excluding hydrogens is 370 g/mol. The van der Waals surface area contributed by atoms with Gasteiger partial charge in [0, 0.05) is 30.2 Å². The van der Waals surface area contributed by atoms with Gasteiger partial charge in [-0.3, -0.25) is 4.99 Å². The van der Waals surface area contributed by atoms with Crippen molar-refractivity contribution in [3.63, 3.8) is 0 Å². The maximum absolute atomic E-state index is 5.39. The van der Waals surface area contributed by atoms with Crippen LogP contribution < -0.4 is 20.1 Å². The molecule has 0 saturated carbocycles. The van der Waals surface area contributed by atoms with E-state index in [9.17, 15) is 0 Å². The van der Waals surface area contributed by atoms with Crippen molar-refractivity contribution in [2.75, 3.05) is 21.3 Å². The molecule has 0 aliphatic rings. The van der Waals surface area contributed by atoms with Crippen LogP contribution in [0.15, 0.2) is 51.9 Å². The molecule has 0 aliphatic heterocycles. The summed E-state index contributed by atoms with van der Waals surface area (Å²) >= 11 is 3.48. The van der Waals surface area contributed by atoms with Crippen LogP contribution >= 0.6 is 15.9 Å². The Hall–Kier alpha value is -2.21. The van der Waals surface area contributed by atoms with Crippen molar-refractivity contribution in [1.29, 1.82) is 0 Å². The van der Waals surface area contributed by atoms with Gasteiger partial charge in [-0.15, -0.1) is 0 Å². The largest absolute Gasteiger partial charge is 0.497 e. The van der Waals surface area contributed by atoms with Gasteiger partial charge in [-0.1, -0.05) is 28.1 Å². The van der Waals surface area contributed by atoms with E-state index in [1.54, 1.807) is 21.3 Å². The first kappa shape index (κ1) is 18.1. The molecule has 0 aromatic heterocycles. The van der Waals surface area contributed by atoms with Crippen molar-refractivity contribution in [3.8, 4) is 11.5 Å². The van der Waals surface area contributed by atoms with Gasteiger partial charge in [0.2, 0.25) is 0 Å². The molecule has 2 N–H and O–H groups in total. The quantitative estimate of drug-likeness (QED) is 0.585. The van der Waals surface area contributed by atoms with Gasteiger partial charge in [0.05, 0.1) is 14.2 Å². The number of nitrogens with one attached hydrogen (secondary N) is 2. The van der Waals surface area contributed by atoms with Crippen molar-refractivity contribution in [2.45, 2.75) is 13.1 Å². The molecule has 2 aromatic rings. The Morgan fingerprint density at radius 1 is 1.04 bits per heavy atom. The van der Waals surface area contributed by atoms with Crippen LogP contribution in [0.4, 0.5) is 0 Å². The zero-order valence-electron chi connectivity index (χ0n) is 14.1. The Morgan fingerprint density at radius 2 is 1.83 bits per heavy atom. The normalized spacial score (nSPS) is 11.1. The fraction of sp³-hybridized carbons (Fsp3) is 0.278. The second-order valence-corrected chi connectivity index (χ2v) is 6.00. The van der Waals surface area contributed by atoms with E-state index in [4.69, 9.17) is 9.47 Å². The molecule has 0 radical (unpaired) electrons. The third-order valence-electron chi connectivity index (χ3n) is 3.51. The molecule has 0 saturated heterocycles. The smallest absolute Gasteiger partial charge is 0.191 e. The summed E-state index contributed by atoms with van der Waals surface area (Å²) in [7, 11) is 5.08. The molecule has 0 bridgehead atoms. The van der Waals surface area contributed by atoms with E-state index in [1.165, 1.54) is 0 Å². The van der Waals surface area contributed by atoms with Gasteiger partial charge in [0.15, 0.2) is 5.96 Å². The first-order chi connectivity index (χ1) is 11.7. The van der Waals surface area contributed by atoms with Crippen LogP contribution in [-0.4, -0.2) is 27.2 Å². The van der Waals surface area contributed by atoms with Crippen LogP contribution in [0, 0.1) is 0 Å². The van der Waals surface area contributed by atoms with E-state index in [0.717, 1.165) is 33.1 Å². The van der Waals surface area contributed by atoms with Crippen molar-refractivity contribution >= 4 is 21.9 Å². The molecule has 2 rings (SSSR count). The lowest BCUT2D eigenvalue weighted by atomic mass is 10.2. The summed E-state index contributed by atoms with van der Waals surface area (Å²) in [6.07, 6.45) is 0. The molecule has 6 heteroatoms. The lowest BCUT2D eigenvalue weighted by Crippen LogP contribution is -2.36. The number of hydrogen-bond donors (Lipinski definition) is 2. The molecule has 24 heavy (non-hydrogen) atoms. The van der Waals surface area contributed by atoms with E-state index in [2.05, 4.69) is 31.6 Å². The second-order valence-electron chi connectivity index (χ2n) is 5.09. The average Bonchev–Trinajstić information content (AvgIpc) is 2.62. The molecule has 5 nitrogen and oxygen atoms in total. The van der Waals surface area contributed by atoms with Crippen LogP contribution in [0.3, 0.4) is 0 Å². The zero-order valence-corrected chi connectivity index (χ0v) is 15.7. The number of halogens is 1. The minimum atomic E-state index is 0.612. The van der Waals surface area contributed by atoms with Crippen LogP contribution in [0.25, 0.3) is 0 Å². The lowest BCUT2D eigenvalue weighted by molar-refractivity contribution is 0.409. The molecule has 2 aromatic carbocycles. The number of nitrogens with zero attached hydrogens (tertiary/aromatic N) is 1. The van der Waals surface area contributed by atoms with E-state index < -0.39 is 0 Å². The van der Waals surface area contributed by atoms with Crippen molar-refractivity contribution in [3.05, 3.63) is 58.1 Å². The molecule has 128 valence electrons. The maximum atomic E-state index is 5.39. The number of benzene rings is 2. The number of ether oxygens (including phenoxy) is 2. The van der Waals surface area contributed by atoms with Gasteiger partial charge in [-0.05, 0) is 35.9 Å². The Morgan fingerprint density at radius 3 is 2.54 bits per heavy atom. The molecule has 0 aliphatic carbocycles. The first-order valence-corrected chi connectivity index (χ1v) is 8.35. The first-order valence-electron chi connectivity index (χ1n) is 7.56. The topological polar surface area (TPSA) is 54.9 Å². The standard InChI is InChI=1S/C18H22BrN3O2/c1-20-18(21-11-13-5-4-6-16(9-13)23-2)22-12-14-10-15(19)7-8-17(14)24-3/h4-10H,11-12H2,1-3H3,(H2,20,21,22). The zero-order chi connectivity index (χ0) is 17.4. The van der Waals surface area contributed by atoms with Gasteiger partial charge in [0.25, 0.3) is 0 Å². The third-order valence-corrected chi connectivity index (χ3v) is 4.00. The molecule has 0 spiro atoms. The number of hydrogen-bond acceptors (Lipinski definition) is 3. The summed E-state index contributed by atoms with van der Waals surface area (Å²) in [6.45, 7) is 1.27. The Kier molecular flexibility index (Phi) is 6.93. The Labute approximate surface area is 151 Å². The predicted octanol–water partition coefficient (Wildman–Crippen LogP) is 3.33. The van der Waals surface area contributed by atoms with Crippen LogP contribution in [0.2, 0.25) is 0 Å². The predicted molar refractivity (Wildman–Crippen MR) is 101 cm³/mol. The summed E-state index contributed by atoms with van der Waals surface area (Å²) in [5.74, 6) is 2.41. The maximum Gasteiger partial charge on any atom is 0.191 e. The van der Waals surface area contributed by atoms with Crippen LogP contribution in [0.5, 0.6) is 11.5 Å². The Bertz CT molecular complexity index is 704. The van der Waals surface area contributed by atoms with Crippen molar-refractivity contribution < 1.29 is 9.47 Å². The van der Waals surface area contributed by atoms with Crippen molar-refractivity contribution in [2.24, 2.45) is 4.99 Å². The Balaban J connectivity index is 1.94. The minimum absolute atomic E-state index is 0.612. The van der Waals surface area contributed by atoms with Gasteiger partial charge in [-0.2, -0.15) is 0 Å². The fourth-order valence-corrected chi connectivity index (χ4v) is 2.66. The summed E-state index contributed by atoms with van der Waals surface area (Å²) in [5.41, 5.74) is 2.17. The van der Waals surface area contributed by atoms with Crippen LogP contribution in [0.1, 0.15) is 11.1 Å². The molecular formula is C18H22BrN3O2. The summed E-state index contributed by atoms with van der Waals surface area (Å²) in [5, 5.41) is 6.58. The van der Waals surface area contributed by atoms with Crippen molar-refractivity contribution in [1.82, 2.24) is 10.6 Å². The molecule has 0 unspecified atom stereocenters. The number of rotatable bonds is 6. The fourth-order valence-electron chi connectivity index (χ4n) is 2.25. The molecule has 0 amide bonds. The van der Waals surface area contributed by atoms with E-state index >= 15 is 0 Å². The molecule has 0 heterocycles. The number of methoxy groups -OCH3 is 2. The summed E-state index contributed by atoms with van der Waals surface area (Å²) in [6, 6.07) is 13.9. The molecule has 0 atom stereocenters. The molecule has 0 fully saturated rings. The van der Waals surface area contributed by atoms with Gasteiger partial charge in [-0.25, -0.2) is 0 Å². The number of guanidine groups is 1. The van der Waals surface area contributed by atoms with E-state index in [-0.39, 0.29) is 0 Å². The SMILES string of the molecule is CN=C(NCc1cccc(OC)c1)NCc1cc(Br)ccc1OC. The van der Waals surface area contributed by atoms with Gasteiger partial charge in [0.1, 0.15) is 11.5 Å². The summed E-state index contributed by atoms with van der Waals surface area (Å²) < 4.78 is 11.6.